The van der Waals surface area contributed by atoms with Crippen molar-refractivity contribution in [2.75, 3.05) is 0 Å². The minimum atomic E-state index is -0.528. The van der Waals surface area contributed by atoms with Gasteiger partial charge in [0.1, 0.15) is 0 Å². The summed E-state index contributed by atoms with van der Waals surface area (Å²) in [5.41, 5.74) is -0.528. The zero-order valence-electron chi connectivity index (χ0n) is 11.2. The number of hydrogen-bond acceptors (Lipinski definition) is 1. The molecule has 0 spiro atoms. The maximum atomic E-state index is 9.76. The third kappa shape index (κ3) is 8.72. The Morgan fingerprint density at radius 3 is 2.31 bits per heavy atom. The van der Waals surface area contributed by atoms with Crippen LogP contribution in [0.25, 0.3) is 0 Å². The first kappa shape index (κ1) is 15.4. The van der Waals surface area contributed by atoms with E-state index in [9.17, 15) is 5.11 Å². The van der Waals surface area contributed by atoms with Gasteiger partial charge in [-0.15, -0.1) is 6.58 Å². The minimum Gasteiger partial charge on any atom is -0.390 e. The second kappa shape index (κ2) is 8.58. The molecule has 0 aliphatic heterocycles. The molecule has 0 radical (unpaired) electrons. The summed E-state index contributed by atoms with van der Waals surface area (Å²) in [5, 5.41) is 9.76. The van der Waals surface area contributed by atoms with Crippen LogP contribution >= 0.6 is 0 Å². The van der Waals surface area contributed by atoms with Crippen molar-refractivity contribution in [3.63, 3.8) is 0 Å². The fourth-order valence-electron chi connectivity index (χ4n) is 1.52. The van der Waals surface area contributed by atoms with Crippen molar-refractivity contribution in [3.05, 3.63) is 24.8 Å². The third-order valence-electron chi connectivity index (χ3n) is 3.17. The van der Waals surface area contributed by atoms with Gasteiger partial charge in [-0.3, -0.25) is 0 Å². The van der Waals surface area contributed by atoms with Gasteiger partial charge in [-0.25, -0.2) is 0 Å². The van der Waals surface area contributed by atoms with Crippen LogP contribution in [-0.4, -0.2) is 10.7 Å². The lowest BCUT2D eigenvalue weighted by molar-refractivity contribution is 0.0204. The van der Waals surface area contributed by atoms with Crippen molar-refractivity contribution in [1.29, 1.82) is 0 Å². The van der Waals surface area contributed by atoms with E-state index >= 15 is 0 Å². The summed E-state index contributed by atoms with van der Waals surface area (Å²) < 4.78 is 0. The maximum absolute atomic E-state index is 9.76. The molecule has 16 heavy (non-hydrogen) atoms. The molecular formula is C15H28O. The van der Waals surface area contributed by atoms with Gasteiger partial charge < -0.3 is 5.11 Å². The molecule has 1 nitrogen and oxygen atoms in total. The molecule has 1 atom stereocenters. The highest BCUT2D eigenvalue weighted by molar-refractivity contribution is 4.84. The number of allylic oxidation sites excluding steroid dienone is 3. The Labute approximate surface area is 101 Å². The zero-order valence-corrected chi connectivity index (χ0v) is 11.2. The summed E-state index contributed by atoms with van der Waals surface area (Å²) in [5.74, 6) is 0.386. The highest BCUT2D eigenvalue weighted by atomic mass is 16.3. The van der Waals surface area contributed by atoms with E-state index in [1.165, 1.54) is 12.8 Å². The molecule has 0 saturated heterocycles. The van der Waals surface area contributed by atoms with Crippen LogP contribution in [0.3, 0.4) is 0 Å². The van der Waals surface area contributed by atoms with Crippen LogP contribution in [-0.2, 0) is 0 Å². The predicted octanol–water partition coefficient (Wildman–Crippen LogP) is 4.48. The molecule has 1 N–H and O–H groups in total. The smallest absolute Gasteiger partial charge is 0.0617 e. The predicted molar refractivity (Wildman–Crippen MR) is 72.5 cm³/mol. The second-order valence-electron chi connectivity index (χ2n) is 5.18. The van der Waals surface area contributed by atoms with Gasteiger partial charge in [-0.1, -0.05) is 31.6 Å². The van der Waals surface area contributed by atoms with Gasteiger partial charge in [0, 0.05) is 0 Å². The van der Waals surface area contributed by atoms with Gasteiger partial charge in [0.15, 0.2) is 0 Å². The van der Waals surface area contributed by atoms with E-state index in [1.807, 2.05) is 19.9 Å². The van der Waals surface area contributed by atoms with Crippen LogP contribution < -0.4 is 0 Å². The zero-order chi connectivity index (χ0) is 12.4. The fraction of sp³-hybridized carbons (Fsp3) is 0.733. The van der Waals surface area contributed by atoms with E-state index in [2.05, 4.69) is 25.7 Å². The molecule has 0 aliphatic carbocycles. The first-order valence-corrected chi connectivity index (χ1v) is 6.46. The average Bonchev–Trinajstić information content (AvgIpc) is 2.20. The van der Waals surface area contributed by atoms with Crippen molar-refractivity contribution in [2.24, 2.45) is 5.92 Å². The van der Waals surface area contributed by atoms with E-state index in [1.54, 1.807) is 0 Å². The Hall–Kier alpha value is -0.560. The number of hydrogen-bond donors (Lipinski definition) is 1. The molecule has 0 aromatic heterocycles. The van der Waals surface area contributed by atoms with Gasteiger partial charge in [0.2, 0.25) is 0 Å². The van der Waals surface area contributed by atoms with Crippen LogP contribution in [0.1, 0.15) is 59.3 Å². The molecule has 0 aromatic carbocycles. The highest BCUT2D eigenvalue weighted by Gasteiger charge is 2.21. The molecule has 0 saturated carbocycles. The van der Waals surface area contributed by atoms with Crippen LogP contribution in [0.15, 0.2) is 24.8 Å². The SMILES string of the molecule is C=CCCC=CCCCCC(C)C(C)(C)O. The second-order valence-corrected chi connectivity index (χ2v) is 5.18. The lowest BCUT2D eigenvalue weighted by Gasteiger charge is -2.25. The Morgan fingerprint density at radius 2 is 1.75 bits per heavy atom. The number of unbranched alkanes of at least 4 members (excludes halogenated alkanes) is 3. The molecule has 0 heterocycles. The molecule has 0 amide bonds. The monoisotopic (exact) mass is 224 g/mol. The maximum Gasteiger partial charge on any atom is 0.0617 e. The molecule has 0 bridgehead atoms. The largest absolute Gasteiger partial charge is 0.390 e. The lowest BCUT2D eigenvalue weighted by atomic mass is 9.88. The number of aliphatic hydroxyl groups is 1. The van der Waals surface area contributed by atoms with Crippen molar-refractivity contribution in [1.82, 2.24) is 0 Å². The van der Waals surface area contributed by atoms with Crippen LogP contribution in [0.5, 0.6) is 0 Å². The summed E-state index contributed by atoms with van der Waals surface area (Å²) in [7, 11) is 0. The highest BCUT2D eigenvalue weighted by Crippen LogP contribution is 2.21. The van der Waals surface area contributed by atoms with Crippen molar-refractivity contribution >= 4 is 0 Å². The van der Waals surface area contributed by atoms with Gasteiger partial charge in [0.25, 0.3) is 0 Å². The average molecular weight is 224 g/mol. The van der Waals surface area contributed by atoms with E-state index in [-0.39, 0.29) is 0 Å². The van der Waals surface area contributed by atoms with Gasteiger partial charge in [-0.2, -0.15) is 0 Å². The van der Waals surface area contributed by atoms with E-state index in [4.69, 9.17) is 0 Å². The van der Waals surface area contributed by atoms with E-state index < -0.39 is 5.60 Å². The molecule has 0 aliphatic rings. The first-order valence-electron chi connectivity index (χ1n) is 6.46. The van der Waals surface area contributed by atoms with Crippen LogP contribution in [0, 0.1) is 5.92 Å². The quantitative estimate of drug-likeness (QED) is 0.452. The summed E-state index contributed by atoms with van der Waals surface area (Å²) >= 11 is 0. The van der Waals surface area contributed by atoms with Crippen molar-refractivity contribution < 1.29 is 5.11 Å². The summed E-state index contributed by atoms with van der Waals surface area (Å²) in [6, 6.07) is 0. The topological polar surface area (TPSA) is 20.2 Å². The minimum absolute atomic E-state index is 0.386. The fourth-order valence-corrected chi connectivity index (χ4v) is 1.52. The van der Waals surface area contributed by atoms with E-state index in [0.717, 1.165) is 25.7 Å². The molecule has 1 unspecified atom stereocenters. The molecule has 0 fully saturated rings. The molecule has 1 heteroatoms. The van der Waals surface area contributed by atoms with Crippen molar-refractivity contribution in [2.45, 2.75) is 64.9 Å². The van der Waals surface area contributed by atoms with Crippen LogP contribution in [0.4, 0.5) is 0 Å². The standard InChI is InChI=1S/C15H28O/c1-5-6-7-8-9-10-11-12-13-14(2)15(3,4)16/h5,8-9,14,16H,1,6-7,10-13H2,2-4H3. The molecule has 94 valence electrons. The van der Waals surface area contributed by atoms with E-state index in [0.29, 0.717) is 5.92 Å². The molecule has 0 rings (SSSR count). The van der Waals surface area contributed by atoms with Crippen LogP contribution in [0.2, 0.25) is 0 Å². The Kier molecular flexibility index (Phi) is 8.28. The number of rotatable bonds is 9. The molecule has 0 aromatic rings. The summed E-state index contributed by atoms with van der Waals surface area (Å²) in [6.07, 6.45) is 13.4. The summed E-state index contributed by atoms with van der Waals surface area (Å²) in [4.78, 5) is 0. The van der Waals surface area contributed by atoms with Gasteiger partial charge in [0.05, 0.1) is 5.60 Å². The Bertz CT molecular complexity index is 198. The van der Waals surface area contributed by atoms with Gasteiger partial charge >= 0.3 is 0 Å². The van der Waals surface area contributed by atoms with Gasteiger partial charge in [-0.05, 0) is 51.9 Å². The molecular weight excluding hydrogens is 196 g/mol. The third-order valence-corrected chi connectivity index (χ3v) is 3.17. The Balaban J connectivity index is 3.40. The summed E-state index contributed by atoms with van der Waals surface area (Å²) in [6.45, 7) is 9.61. The first-order chi connectivity index (χ1) is 7.48. The Morgan fingerprint density at radius 1 is 1.12 bits per heavy atom. The lowest BCUT2D eigenvalue weighted by Crippen LogP contribution is -2.28. The normalized spacial score (nSPS) is 14.2. The van der Waals surface area contributed by atoms with Crippen molar-refractivity contribution in [3.8, 4) is 0 Å².